The van der Waals surface area contributed by atoms with Crippen LogP contribution in [0, 0.1) is 23.7 Å². The third kappa shape index (κ3) is 4.32. The molecule has 0 saturated heterocycles. The molecule has 2 saturated carbocycles. The summed E-state index contributed by atoms with van der Waals surface area (Å²) in [4.78, 5) is 27.1. The minimum atomic E-state index is 0.0309. The van der Waals surface area contributed by atoms with Crippen molar-refractivity contribution < 1.29 is 4.79 Å². The Balaban J connectivity index is 1.48. The predicted octanol–water partition coefficient (Wildman–Crippen LogP) is 4.24. The normalized spacial score (nSPS) is 20.6. The Hall–Kier alpha value is -2.63. The van der Waals surface area contributed by atoms with E-state index in [1.54, 1.807) is 7.05 Å². The van der Waals surface area contributed by atoms with Crippen LogP contribution < -0.4 is 10.6 Å². The van der Waals surface area contributed by atoms with Crippen LogP contribution in [0.1, 0.15) is 55.3 Å². The van der Waals surface area contributed by atoms with Gasteiger partial charge in [-0.25, -0.2) is 15.0 Å². The summed E-state index contributed by atoms with van der Waals surface area (Å²) in [5, 5.41) is 6.27. The first kappa shape index (κ1) is 21.2. The van der Waals surface area contributed by atoms with Crippen LogP contribution in [0.15, 0.2) is 18.5 Å². The molecule has 0 bridgehead atoms. The van der Waals surface area contributed by atoms with Crippen molar-refractivity contribution in [2.75, 3.05) is 18.9 Å². The smallest absolute Gasteiger partial charge is 0.222 e. The lowest BCUT2D eigenvalue weighted by Gasteiger charge is -2.25. The van der Waals surface area contributed by atoms with Crippen molar-refractivity contribution in [3.8, 4) is 11.8 Å². The molecule has 7 nitrogen and oxygen atoms in total. The maximum atomic E-state index is 12.1. The molecule has 32 heavy (non-hydrogen) atoms. The summed E-state index contributed by atoms with van der Waals surface area (Å²) in [6.07, 6.45) is 8.22. The number of amides is 1. The fourth-order valence-corrected chi connectivity index (χ4v) is 5.35. The number of nitrogens with zero attached hydrogens (tertiary/aromatic N) is 4. The number of nitrogens with one attached hydrogen (secondary N) is 2. The number of rotatable bonds is 5. The summed E-state index contributed by atoms with van der Waals surface area (Å²) in [6.45, 7) is 0.883. The van der Waals surface area contributed by atoms with Gasteiger partial charge in [-0.05, 0) is 62.0 Å². The molecule has 9 heteroatoms. The van der Waals surface area contributed by atoms with Crippen molar-refractivity contribution in [3.05, 3.63) is 33.5 Å². The van der Waals surface area contributed by atoms with Gasteiger partial charge in [-0.15, -0.1) is 11.3 Å². The highest BCUT2D eigenvalue weighted by molar-refractivity contribution is 7.16. The molecule has 2 N–H and O–H groups in total. The van der Waals surface area contributed by atoms with E-state index < -0.39 is 0 Å². The average Bonchev–Trinajstić information content (AvgIpc) is 3.49. The number of aromatic nitrogens is 4. The summed E-state index contributed by atoms with van der Waals surface area (Å²) in [6, 6.07) is 3.92. The van der Waals surface area contributed by atoms with Crippen molar-refractivity contribution in [2.45, 2.75) is 44.6 Å². The highest BCUT2D eigenvalue weighted by Gasteiger charge is 2.31. The molecule has 166 valence electrons. The highest BCUT2D eigenvalue weighted by atomic mass is 35.5. The van der Waals surface area contributed by atoms with Crippen LogP contribution in [-0.2, 0) is 4.79 Å². The van der Waals surface area contributed by atoms with E-state index in [2.05, 4.69) is 37.0 Å². The zero-order chi connectivity index (χ0) is 22.1. The van der Waals surface area contributed by atoms with Crippen molar-refractivity contribution >= 4 is 45.8 Å². The third-order valence-electron chi connectivity index (χ3n) is 6.49. The number of imidazole rings is 1. The van der Waals surface area contributed by atoms with Gasteiger partial charge in [0, 0.05) is 25.6 Å². The van der Waals surface area contributed by atoms with Gasteiger partial charge in [0.05, 0.1) is 15.5 Å². The van der Waals surface area contributed by atoms with Crippen molar-refractivity contribution in [1.29, 1.82) is 0 Å². The lowest BCUT2D eigenvalue weighted by molar-refractivity contribution is -0.124. The number of carbonyl (C=O) groups excluding carboxylic acids is 1. The number of carbonyl (C=O) groups is 1. The second-order valence-corrected chi connectivity index (χ2v) is 10.2. The molecule has 3 heterocycles. The summed E-state index contributed by atoms with van der Waals surface area (Å²) >= 11 is 7.46. The third-order valence-corrected chi connectivity index (χ3v) is 7.64. The Labute approximate surface area is 196 Å². The fourth-order valence-electron chi connectivity index (χ4n) is 4.45. The molecule has 2 atom stereocenters. The molecular weight excluding hydrogens is 444 g/mol. The average molecular weight is 469 g/mol. The van der Waals surface area contributed by atoms with Gasteiger partial charge in [-0.2, -0.15) is 0 Å². The van der Waals surface area contributed by atoms with E-state index in [1.807, 2.05) is 18.5 Å². The lowest BCUT2D eigenvalue weighted by atomic mass is 9.85. The second kappa shape index (κ2) is 9.08. The van der Waals surface area contributed by atoms with Crippen molar-refractivity contribution in [3.63, 3.8) is 0 Å². The molecule has 0 radical (unpaired) electrons. The molecule has 0 aliphatic heterocycles. The van der Waals surface area contributed by atoms with Crippen LogP contribution >= 0.6 is 22.9 Å². The molecule has 2 aliphatic rings. The van der Waals surface area contributed by atoms with E-state index >= 15 is 0 Å². The van der Waals surface area contributed by atoms with Crippen LogP contribution in [-0.4, -0.2) is 39.0 Å². The van der Waals surface area contributed by atoms with Gasteiger partial charge in [-0.3, -0.25) is 4.79 Å². The summed E-state index contributed by atoms with van der Waals surface area (Å²) in [5.74, 6) is 8.24. The van der Waals surface area contributed by atoms with E-state index in [1.165, 1.54) is 30.6 Å². The molecule has 3 aromatic heterocycles. The first-order valence-electron chi connectivity index (χ1n) is 11.1. The van der Waals surface area contributed by atoms with Gasteiger partial charge in [-0.1, -0.05) is 18.0 Å². The minimum absolute atomic E-state index is 0.0309. The summed E-state index contributed by atoms with van der Waals surface area (Å²) < 4.78 is 2.81. The van der Waals surface area contributed by atoms with Gasteiger partial charge in [0.15, 0.2) is 17.0 Å². The fraction of sp³-hybridized carbons (Fsp3) is 0.478. The molecule has 2 aliphatic carbocycles. The van der Waals surface area contributed by atoms with Crippen LogP contribution in [0.25, 0.3) is 11.2 Å². The molecule has 0 aromatic carbocycles. The quantitative estimate of drug-likeness (QED) is 0.547. The standard InChI is InChI=1S/C23H25ClN6OS/c1-25-23(31)15-5-6-16(11-15)30-13-27-20-21(26-12-14-3-2-4-14)28-19(29-22(20)30)10-8-17-7-9-18(24)32-17/h7,9,13-16H,2-6,11-12H2,1H3,(H,25,31)(H,26,28,29). The topological polar surface area (TPSA) is 84.7 Å². The monoisotopic (exact) mass is 468 g/mol. The van der Waals surface area contributed by atoms with Crippen molar-refractivity contribution in [2.24, 2.45) is 11.8 Å². The van der Waals surface area contributed by atoms with Gasteiger partial charge in [0.2, 0.25) is 11.7 Å². The second-order valence-electron chi connectivity index (χ2n) is 8.53. The van der Waals surface area contributed by atoms with E-state index in [4.69, 9.17) is 16.6 Å². The van der Waals surface area contributed by atoms with Gasteiger partial charge in [0.25, 0.3) is 0 Å². The van der Waals surface area contributed by atoms with E-state index in [9.17, 15) is 4.79 Å². The molecule has 1 amide bonds. The number of anilines is 1. The molecule has 5 rings (SSSR count). The Bertz CT molecular complexity index is 1200. The van der Waals surface area contributed by atoms with Crippen molar-refractivity contribution in [1.82, 2.24) is 24.8 Å². The Kier molecular flexibility index (Phi) is 6.03. The van der Waals surface area contributed by atoms with Crippen LogP contribution in [0.3, 0.4) is 0 Å². The van der Waals surface area contributed by atoms with Crippen LogP contribution in [0.4, 0.5) is 5.82 Å². The van der Waals surface area contributed by atoms with Gasteiger partial charge >= 0.3 is 0 Å². The molecule has 0 spiro atoms. The lowest BCUT2D eigenvalue weighted by Crippen LogP contribution is -2.25. The number of hydrogen-bond acceptors (Lipinski definition) is 6. The Morgan fingerprint density at radius 1 is 1.25 bits per heavy atom. The molecule has 2 fully saturated rings. The van der Waals surface area contributed by atoms with E-state index in [0.29, 0.717) is 16.1 Å². The minimum Gasteiger partial charge on any atom is -0.368 e. The summed E-state index contributed by atoms with van der Waals surface area (Å²) in [5.41, 5.74) is 1.53. The molecule has 3 aromatic rings. The Morgan fingerprint density at radius 3 is 2.84 bits per heavy atom. The summed E-state index contributed by atoms with van der Waals surface area (Å²) in [7, 11) is 1.70. The van der Waals surface area contributed by atoms with Crippen LogP contribution in [0.5, 0.6) is 0 Å². The zero-order valence-corrected chi connectivity index (χ0v) is 19.5. The molecule has 2 unspecified atom stereocenters. The number of fused-ring (bicyclic) bond motifs is 1. The van der Waals surface area contributed by atoms with E-state index in [-0.39, 0.29) is 17.9 Å². The number of halogens is 1. The highest BCUT2D eigenvalue weighted by Crippen LogP contribution is 2.37. The van der Waals surface area contributed by atoms with E-state index in [0.717, 1.165) is 47.7 Å². The van der Waals surface area contributed by atoms with Crippen LogP contribution in [0.2, 0.25) is 4.34 Å². The predicted molar refractivity (Wildman–Crippen MR) is 127 cm³/mol. The van der Waals surface area contributed by atoms with Gasteiger partial charge < -0.3 is 15.2 Å². The van der Waals surface area contributed by atoms with Gasteiger partial charge in [0.1, 0.15) is 0 Å². The Morgan fingerprint density at radius 2 is 2.12 bits per heavy atom. The molecular formula is C23H25ClN6OS. The largest absolute Gasteiger partial charge is 0.368 e. The first-order chi connectivity index (χ1) is 15.6. The number of thiophene rings is 1. The zero-order valence-electron chi connectivity index (χ0n) is 17.9. The SMILES string of the molecule is CNC(=O)C1CCC(n2cnc3c(NCC4CCC4)nc(C#Cc4ccc(Cl)s4)nc32)C1. The maximum Gasteiger partial charge on any atom is 0.222 e. The first-order valence-corrected chi connectivity index (χ1v) is 12.3. The maximum absolute atomic E-state index is 12.1. The number of hydrogen-bond donors (Lipinski definition) is 2.